The van der Waals surface area contributed by atoms with E-state index in [0.717, 1.165) is 23.4 Å². The van der Waals surface area contributed by atoms with Gasteiger partial charge in [0.05, 0.1) is 12.0 Å². The summed E-state index contributed by atoms with van der Waals surface area (Å²) in [6, 6.07) is 2.05. The number of hydrazone groups is 1. The second kappa shape index (κ2) is 8.00. The first-order valence-electron chi connectivity index (χ1n) is 9.58. The smallest absolute Gasteiger partial charge is 0.409 e. The zero-order valence-electron chi connectivity index (χ0n) is 16.6. The van der Waals surface area contributed by atoms with Crippen LogP contribution in [0.15, 0.2) is 11.2 Å². The molecule has 0 aromatic carbocycles. The summed E-state index contributed by atoms with van der Waals surface area (Å²) >= 11 is 1.60. The maximum atomic E-state index is 12.5. The van der Waals surface area contributed by atoms with E-state index in [1.165, 1.54) is 24.0 Å². The van der Waals surface area contributed by atoms with Gasteiger partial charge < -0.3 is 9.64 Å². The topological polar surface area (TPSA) is 71.0 Å². The molecule has 1 atom stereocenters. The number of hydrogen-bond acceptors (Lipinski definition) is 5. The highest BCUT2D eigenvalue weighted by Gasteiger charge is 2.30. The van der Waals surface area contributed by atoms with Gasteiger partial charge in [0.15, 0.2) is 0 Å². The number of fused-ring (bicyclic) bond motifs is 1. The number of likely N-dealkylation sites (tertiary alicyclic amines) is 1. The molecule has 1 fully saturated rings. The minimum absolute atomic E-state index is 0.135. The summed E-state index contributed by atoms with van der Waals surface area (Å²) in [5, 5.41) is 4.28. The van der Waals surface area contributed by atoms with Crippen molar-refractivity contribution in [2.24, 2.45) is 16.4 Å². The molecule has 1 aliphatic carbocycles. The van der Waals surface area contributed by atoms with Crippen molar-refractivity contribution < 1.29 is 14.3 Å². The lowest BCUT2D eigenvalue weighted by Gasteiger charge is -2.33. The molecule has 3 rings (SSSR count). The quantitative estimate of drug-likeness (QED) is 0.779. The molecule has 1 aliphatic heterocycles. The molecule has 1 saturated heterocycles. The maximum Gasteiger partial charge on any atom is 0.409 e. The van der Waals surface area contributed by atoms with Gasteiger partial charge in [0, 0.05) is 36.5 Å². The van der Waals surface area contributed by atoms with Gasteiger partial charge in [-0.15, -0.1) is 11.3 Å². The normalized spacial score (nSPS) is 20.1. The SMILES string of the molecule is COC(=O)N1CCC(=NNC(=O)c2cc3c(s2)CC[C@@H](C(C)(C)C)C3)CC1. The molecule has 148 valence electrons. The number of nitrogens with zero attached hydrogens (tertiary/aromatic N) is 2. The molecule has 1 N–H and O–H groups in total. The van der Waals surface area contributed by atoms with Crippen LogP contribution in [0, 0.1) is 11.3 Å². The Bertz CT molecular complexity index is 738. The van der Waals surface area contributed by atoms with Gasteiger partial charge in [-0.2, -0.15) is 5.10 Å². The monoisotopic (exact) mass is 391 g/mol. The molecular weight excluding hydrogens is 362 g/mol. The third-order valence-corrected chi connectivity index (χ3v) is 6.86. The van der Waals surface area contributed by atoms with E-state index in [-0.39, 0.29) is 12.0 Å². The molecule has 7 heteroatoms. The average Bonchev–Trinajstić information content (AvgIpc) is 3.08. The van der Waals surface area contributed by atoms with Crippen LogP contribution in [0.2, 0.25) is 0 Å². The molecule has 0 bridgehead atoms. The fourth-order valence-electron chi connectivity index (χ4n) is 3.75. The van der Waals surface area contributed by atoms with Gasteiger partial charge in [-0.05, 0) is 42.2 Å². The molecule has 2 aliphatic rings. The van der Waals surface area contributed by atoms with Gasteiger partial charge in [0.2, 0.25) is 0 Å². The summed E-state index contributed by atoms with van der Waals surface area (Å²) in [6.07, 6.45) is 4.31. The Labute approximate surface area is 165 Å². The largest absolute Gasteiger partial charge is 0.453 e. The number of amides is 2. The number of methoxy groups -OCH3 is 1. The van der Waals surface area contributed by atoms with Crippen molar-refractivity contribution in [3.63, 3.8) is 0 Å². The van der Waals surface area contributed by atoms with E-state index in [0.29, 0.717) is 37.3 Å². The molecule has 0 saturated carbocycles. The first-order valence-corrected chi connectivity index (χ1v) is 10.4. The first-order chi connectivity index (χ1) is 12.8. The molecule has 2 heterocycles. The van der Waals surface area contributed by atoms with Gasteiger partial charge in [-0.3, -0.25) is 4.79 Å². The summed E-state index contributed by atoms with van der Waals surface area (Å²) in [5.41, 5.74) is 5.24. The number of hydrogen-bond donors (Lipinski definition) is 1. The van der Waals surface area contributed by atoms with E-state index in [1.54, 1.807) is 16.2 Å². The van der Waals surface area contributed by atoms with Crippen LogP contribution in [0.3, 0.4) is 0 Å². The Morgan fingerprint density at radius 2 is 1.96 bits per heavy atom. The molecule has 0 radical (unpaired) electrons. The molecule has 0 unspecified atom stereocenters. The van der Waals surface area contributed by atoms with Crippen molar-refractivity contribution in [2.75, 3.05) is 20.2 Å². The minimum atomic E-state index is -0.309. The number of carbonyl (C=O) groups excluding carboxylic acids is 2. The maximum absolute atomic E-state index is 12.5. The van der Waals surface area contributed by atoms with Crippen LogP contribution in [0.25, 0.3) is 0 Å². The summed E-state index contributed by atoms with van der Waals surface area (Å²) in [4.78, 5) is 27.8. The number of rotatable bonds is 2. The third-order valence-electron chi connectivity index (χ3n) is 5.62. The third kappa shape index (κ3) is 4.69. The standard InChI is InChI=1S/C20H29N3O3S/c1-20(2,3)14-5-6-16-13(11-14)12-17(27-16)18(24)22-21-15-7-9-23(10-8-15)19(25)26-4/h12,14H,5-11H2,1-4H3,(H,22,24)/t14-/m1/s1. The van der Waals surface area contributed by atoms with Crippen molar-refractivity contribution in [3.8, 4) is 0 Å². The number of piperidine rings is 1. The lowest BCUT2D eigenvalue weighted by atomic mass is 9.72. The summed E-state index contributed by atoms with van der Waals surface area (Å²) in [7, 11) is 1.39. The van der Waals surface area contributed by atoms with Crippen molar-refractivity contribution in [2.45, 2.75) is 52.9 Å². The number of aryl methyl sites for hydroxylation is 1. The molecule has 1 aromatic rings. The Balaban J connectivity index is 1.57. The summed E-state index contributed by atoms with van der Waals surface area (Å²) in [6.45, 7) is 8.03. The molecule has 27 heavy (non-hydrogen) atoms. The van der Waals surface area contributed by atoms with Crippen molar-refractivity contribution in [1.82, 2.24) is 10.3 Å². The Hall–Kier alpha value is -1.89. The van der Waals surface area contributed by atoms with E-state index < -0.39 is 0 Å². The van der Waals surface area contributed by atoms with Crippen LogP contribution in [0.1, 0.15) is 60.1 Å². The van der Waals surface area contributed by atoms with Gasteiger partial charge >= 0.3 is 6.09 Å². The van der Waals surface area contributed by atoms with E-state index in [9.17, 15) is 9.59 Å². The van der Waals surface area contributed by atoms with Crippen LogP contribution in [-0.2, 0) is 17.6 Å². The number of ether oxygens (including phenoxy) is 1. The molecule has 6 nitrogen and oxygen atoms in total. The van der Waals surface area contributed by atoms with Gasteiger partial charge in [-0.25, -0.2) is 10.2 Å². The highest BCUT2D eigenvalue weighted by atomic mass is 32.1. The minimum Gasteiger partial charge on any atom is -0.453 e. The zero-order chi connectivity index (χ0) is 19.6. The summed E-state index contributed by atoms with van der Waals surface area (Å²) in [5.74, 6) is 0.528. The predicted octanol–water partition coefficient (Wildman–Crippen LogP) is 3.85. The van der Waals surface area contributed by atoms with Gasteiger partial charge in [0.1, 0.15) is 0 Å². The number of nitrogens with one attached hydrogen (secondary N) is 1. The Kier molecular flexibility index (Phi) is 5.89. The van der Waals surface area contributed by atoms with E-state index in [4.69, 9.17) is 4.74 Å². The Morgan fingerprint density at radius 1 is 1.26 bits per heavy atom. The molecular formula is C20H29N3O3S. The van der Waals surface area contributed by atoms with Crippen LogP contribution in [-0.4, -0.2) is 42.8 Å². The zero-order valence-corrected chi connectivity index (χ0v) is 17.4. The van der Waals surface area contributed by atoms with Crippen LogP contribution in [0.5, 0.6) is 0 Å². The van der Waals surface area contributed by atoms with Crippen LogP contribution in [0.4, 0.5) is 4.79 Å². The predicted molar refractivity (Wildman–Crippen MR) is 107 cm³/mol. The average molecular weight is 392 g/mol. The fraction of sp³-hybridized carbons (Fsp3) is 0.650. The van der Waals surface area contributed by atoms with Crippen LogP contribution < -0.4 is 5.43 Å². The molecule has 2 amide bonds. The lowest BCUT2D eigenvalue weighted by molar-refractivity contribution is 0.0957. The fourth-order valence-corrected chi connectivity index (χ4v) is 4.85. The molecule has 0 spiro atoms. The van der Waals surface area contributed by atoms with Crippen molar-refractivity contribution in [1.29, 1.82) is 0 Å². The highest BCUT2D eigenvalue weighted by molar-refractivity contribution is 7.14. The first kappa shape index (κ1) is 19.9. The second-order valence-electron chi connectivity index (χ2n) is 8.44. The van der Waals surface area contributed by atoms with Gasteiger partial charge in [0.25, 0.3) is 5.91 Å². The van der Waals surface area contributed by atoms with Crippen molar-refractivity contribution in [3.05, 3.63) is 21.4 Å². The summed E-state index contributed by atoms with van der Waals surface area (Å²) < 4.78 is 4.73. The number of carbonyl (C=O) groups is 2. The van der Waals surface area contributed by atoms with E-state index in [1.807, 2.05) is 6.07 Å². The lowest BCUT2D eigenvalue weighted by Crippen LogP contribution is -2.39. The highest BCUT2D eigenvalue weighted by Crippen LogP contribution is 2.40. The van der Waals surface area contributed by atoms with E-state index in [2.05, 4.69) is 31.3 Å². The number of thiophene rings is 1. The van der Waals surface area contributed by atoms with E-state index >= 15 is 0 Å². The van der Waals surface area contributed by atoms with Crippen molar-refractivity contribution >= 4 is 29.0 Å². The second-order valence-corrected chi connectivity index (χ2v) is 9.58. The van der Waals surface area contributed by atoms with Gasteiger partial charge in [-0.1, -0.05) is 20.8 Å². The Morgan fingerprint density at radius 3 is 2.59 bits per heavy atom. The van der Waals surface area contributed by atoms with Crippen LogP contribution >= 0.6 is 11.3 Å². The molecule has 1 aromatic heterocycles.